The number of sulfonamides is 1. The van der Waals surface area contributed by atoms with Crippen molar-refractivity contribution in [2.45, 2.75) is 30.8 Å². The number of rotatable bonds is 4. The van der Waals surface area contributed by atoms with Gasteiger partial charge in [-0.15, -0.1) is 0 Å². The molecule has 0 radical (unpaired) electrons. The van der Waals surface area contributed by atoms with Gasteiger partial charge >= 0.3 is 6.18 Å². The van der Waals surface area contributed by atoms with Crippen molar-refractivity contribution in [1.29, 1.82) is 0 Å². The molecule has 1 heterocycles. The Morgan fingerprint density at radius 1 is 1.10 bits per heavy atom. The van der Waals surface area contributed by atoms with E-state index in [1.807, 2.05) is 0 Å². The van der Waals surface area contributed by atoms with Gasteiger partial charge in [-0.3, -0.25) is 4.79 Å². The largest absolute Gasteiger partial charge is 0.416 e. The number of alkyl halides is 3. The average molecular weight is 444 g/mol. The minimum Gasteiger partial charge on any atom is -0.326 e. The Bertz CT molecular complexity index is 1050. The van der Waals surface area contributed by atoms with Crippen LogP contribution in [0.3, 0.4) is 0 Å². The predicted octanol–water partition coefficient (Wildman–Crippen LogP) is 4.19. The summed E-state index contributed by atoms with van der Waals surface area (Å²) >= 11 is 0. The summed E-state index contributed by atoms with van der Waals surface area (Å²) in [6, 6.07) is 7.59. The lowest BCUT2D eigenvalue weighted by atomic mass is 9.97. The molecular formula is C20H20F4N2O3S. The third kappa shape index (κ3) is 4.81. The fourth-order valence-corrected chi connectivity index (χ4v) is 4.86. The normalized spacial score (nSPS) is 16.4. The lowest BCUT2D eigenvalue weighted by Crippen LogP contribution is -2.41. The molecule has 1 N–H and O–H groups in total. The van der Waals surface area contributed by atoms with Crippen molar-refractivity contribution in [3.8, 4) is 0 Å². The molecule has 1 saturated heterocycles. The summed E-state index contributed by atoms with van der Waals surface area (Å²) in [4.78, 5) is 12.1. The van der Waals surface area contributed by atoms with Crippen molar-refractivity contribution in [3.63, 3.8) is 0 Å². The van der Waals surface area contributed by atoms with Crippen LogP contribution in [-0.4, -0.2) is 31.7 Å². The maximum absolute atomic E-state index is 13.2. The van der Waals surface area contributed by atoms with Crippen molar-refractivity contribution in [3.05, 3.63) is 59.4 Å². The highest BCUT2D eigenvalue weighted by atomic mass is 32.2. The van der Waals surface area contributed by atoms with Crippen LogP contribution in [0, 0.1) is 18.7 Å². The second-order valence-electron chi connectivity index (χ2n) is 7.15. The highest BCUT2D eigenvalue weighted by Gasteiger charge is 2.35. The highest BCUT2D eigenvalue weighted by Crippen LogP contribution is 2.32. The molecular weight excluding hydrogens is 424 g/mol. The first-order chi connectivity index (χ1) is 14.0. The van der Waals surface area contributed by atoms with Gasteiger partial charge in [-0.2, -0.15) is 17.5 Å². The van der Waals surface area contributed by atoms with Gasteiger partial charge in [-0.05, 0) is 61.7 Å². The zero-order valence-corrected chi connectivity index (χ0v) is 16.9. The summed E-state index contributed by atoms with van der Waals surface area (Å²) in [5.74, 6) is -1.18. The van der Waals surface area contributed by atoms with Crippen LogP contribution in [0.2, 0.25) is 0 Å². The summed E-state index contributed by atoms with van der Waals surface area (Å²) in [6.07, 6.45) is -4.19. The Hall–Kier alpha value is -2.46. The molecule has 3 rings (SSSR count). The van der Waals surface area contributed by atoms with E-state index in [9.17, 15) is 30.8 Å². The monoisotopic (exact) mass is 444 g/mol. The molecule has 1 aliphatic rings. The number of nitrogens with one attached hydrogen (secondary N) is 1. The van der Waals surface area contributed by atoms with E-state index >= 15 is 0 Å². The van der Waals surface area contributed by atoms with Crippen LogP contribution in [0.4, 0.5) is 23.2 Å². The number of amides is 1. The summed E-state index contributed by atoms with van der Waals surface area (Å²) in [6.45, 7) is 1.68. The number of hydrogen-bond donors (Lipinski definition) is 1. The van der Waals surface area contributed by atoms with Crippen LogP contribution >= 0.6 is 0 Å². The van der Waals surface area contributed by atoms with Gasteiger partial charge in [-0.1, -0.05) is 6.07 Å². The molecule has 10 heteroatoms. The highest BCUT2D eigenvalue weighted by molar-refractivity contribution is 7.89. The molecule has 0 atom stereocenters. The Morgan fingerprint density at radius 3 is 2.37 bits per heavy atom. The molecule has 0 aromatic heterocycles. The van der Waals surface area contributed by atoms with Gasteiger partial charge in [0.25, 0.3) is 0 Å². The van der Waals surface area contributed by atoms with E-state index in [-0.39, 0.29) is 31.8 Å². The number of piperidine rings is 1. The summed E-state index contributed by atoms with van der Waals surface area (Å²) in [5, 5.41) is 2.72. The Balaban J connectivity index is 1.66. The third-order valence-corrected chi connectivity index (χ3v) is 6.96. The van der Waals surface area contributed by atoms with Crippen LogP contribution < -0.4 is 5.32 Å². The predicted molar refractivity (Wildman–Crippen MR) is 103 cm³/mol. The van der Waals surface area contributed by atoms with E-state index in [0.717, 1.165) is 22.5 Å². The standard InChI is InChI=1S/C20H20F4N2O3S/c1-13-11-16(21)5-6-18(13)25-19(27)14-7-9-26(10-8-14)30(28,29)17-4-2-3-15(12-17)20(22,23)24/h2-6,11-12,14H,7-10H2,1H3,(H,25,27). The van der Waals surface area contributed by atoms with Crippen LogP contribution in [0.15, 0.2) is 47.4 Å². The van der Waals surface area contributed by atoms with Crippen molar-refractivity contribution in [2.24, 2.45) is 5.92 Å². The van der Waals surface area contributed by atoms with E-state index in [2.05, 4.69) is 5.32 Å². The van der Waals surface area contributed by atoms with Gasteiger partial charge in [-0.25, -0.2) is 12.8 Å². The summed E-state index contributed by atoms with van der Waals surface area (Å²) in [5.41, 5.74) is 0.000772. The number of carbonyl (C=O) groups is 1. The minimum absolute atomic E-state index is 0.0130. The van der Waals surface area contributed by atoms with Gasteiger partial charge < -0.3 is 5.32 Å². The van der Waals surface area contributed by atoms with Crippen molar-refractivity contribution in [2.75, 3.05) is 18.4 Å². The molecule has 1 fully saturated rings. The van der Waals surface area contributed by atoms with E-state index in [4.69, 9.17) is 0 Å². The van der Waals surface area contributed by atoms with Crippen molar-refractivity contribution < 1.29 is 30.8 Å². The lowest BCUT2D eigenvalue weighted by molar-refractivity contribution is -0.137. The van der Waals surface area contributed by atoms with Gasteiger partial charge in [0.05, 0.1) is 10.5 Å². The van der Waals surface area contributed by atoms with Crippen LogP contribution in [0.1, 0.15) is 24.0 Å². The number of halogens is 4. The summed E-state index contributed by atoms with van der Waals surface area (Å²) in [7, 11) is -4.10. The second-order valence-corrected chi connectivity index (χ2v) is 9.09. The number of carbonyl (C=O) groups excluding carboxylic acids is 1. The number of aryl methyl sites for hydroxylation is 1. The second kappa shape index (κ2) is 8.35. The molecule has 1 aliphatic heterocycles. The third-order valence-electron chi connectivity index (χ3n) is 5.07. The van der Waals surface area contributed by atoms with Crippen molar-refractivity contribution in [1.82, 2.24) is 4.31 Å². The molecule has 0 aliphatic carbocycles. The first-order valence-electron chi connectivity index (χ1n) is 9.23. The molecule has 2 aromatic rings. The zero-order chi connectivity index (χ0) is 22.1. The van der Waals surface area contributed by atoms with Crippen LogP contribution in [0.5, 0.6) is 0 Å². The topological polar surface area (TPSA) is 66.5 Å². The maximum atomic E-state index is 13.2. The molecule has 0 unspecified atom stereocenters. The molecule has 2 aromatic carbocycles. The average Bonchev–Trinajstić information content (AvgIpc) is 2.69. The van der Waals surface area contributed by atoms with Gasteiger partial charge in [0.2, 0.25) is 15.9 Å². The van der Waals surface area contributed by atoms with Crippen LogP contribution in [0.25, 0.3) is 0 Å². The lowest BCUT2D eigenvalue weighted by Gasteiger charge is -2.30. The quantitative estimate of drug-likeness (QED) is 0.719. The maximum Gasteiger partial charge on any atom is 0.416 e. The first kappa shape index (κ1) is 22.2. The Morgan fingerprint density at radius 2 is 1.77 bits per heavy atom. The molecule has 0 saturated carbocycles. The molecule has 0 bridgehead atoms. The number of anilines is 1. The van der Waals surface area contributed by atoms with E-state index in [0.29, 0.717) is 17.3 Å². The number of nitrogens with zero attached hydrogens (tertiary/aromatic N) is 1. The van der Waals surface area contributed by atoms with E-state index in [1.165, 1.54) is 18.2 Å². The molecule has 5 nitrogen and oxygen atoms in total. The van der Waals surface area contributed by atoms with Gasteiger partial charge in [0.15, 0.2) is 0 Å². The number of hydrogen-bond acceptors (Lipinski definition) is 3. The van der Waals surface area contributed by atoms with E-state index < -0.39 is 38.4 Å². The molecule has 30 heavy (non-hydrogen) atoms. The van der Waals surface area contributed by atoms with Gasteiger partial charge in [0, 0.05) is 24.7 Å². The molecule has 162 valence electrons. The fourth-order valence-electron chi connectivity index (χ4n) is 3.34. The Labute approximate surface area is 171 Å². The van der Waals surface area contributed by atoms with Gasteiger partial charge in [0.1, 0.15) is 5.82 Å². The van der Waals surface area contributed by atoms with Crippen molar-refractivity contribution >= 4 is 21.6 Å². The minimum atomic E-state index is -4.64. The zero-order valence-electron chi connectivity index (χ0n) is 16.0. The smallest absolute Gasteiger partial charge is 0.326 e. The van der Waals surface area contributed by atoms with E-state index in [1.54, 1.807) is 6.92 Å². The first-order valence-corrected chi connectivity index (χ1v) is 10.7. The fraction of sp³-hybridized carbons (Fsp3) is 0.350. The number of benzene rings is 2. The summed E-state index contributed by atoms with van der Waals surface area (Å²) < 4.78 is 78.4. The Kier molecular flexibility index (Phi) is 6.19. The molecule has 0 spiro atoms. The molecule has 1 amide bonds. The van der Waals surface area contributed by atoms with Crippen LogP contribution in [-0.2, 0) is 21.0 Å². The SMILES string of the molecule is Cc1cc(F)ccc1NC(=O)C1CCN(S(=O)(=O)c2cccc(C(F)(F)F)c2)CC1.